The van der Waals surface area contributed by atoms with Crippen LogP contribution in [0.3, 0.4) is 0 Å². The molecule has 2 amide bonds. The first-order valence-electron chi connectivity index (χ1n) is 7.54. The Labute approximate surface area is 150 Å². The summed E-state index contributed by atoms with van der Waals surface area (Å²) >= 11 is 0. The molecule has 8 nitrogen and oxygen atoms in total. The quantitative estimate of drug-likeness (QED) is 0.782. The van der Waals surface area contributed by atoms with E-state index in [2.05, 4.69) is 5.32 Å². The standard InChI is InChI=1S/C18H20N2O6/c1-23-13-6-5-10(17(19)21)7-12(13)20-18(22)11-8-14(24-2)16(26-4)15(9-11)25-3/h5-9H,1-4H3,(H2,19,21)(H,20,22). The van der Waals surface area contributed by atoms with Gasteiger partial charge < -0.3 is 30.0 Å². The van der Waals surface area contributed by atoms with E-state index in [0.29, 0.717) is 28.7 Å². The number of hydrogen-bond acceptors (Lipinski definition) is 6. The van der Waals surface area contributed by atoms with Gasteiger partial charge in [-0.15, -0.1) is 0 Å². The second-order valence-corrected chi connectivity index (χ2v) is 5.15. The third kappa shape index (κ3) is 3.80. The van der Waals surface area contributed by atoms with Gasteiger partial charge in [0.2, 0.25) is 11.7 Å². The lowest BCUT2D eigenvalue weighted by Crippen LogP contribution is -2.15. The zero-order chi connectivity index (χ0) is 19.3. The molecule has 2 rings (SSSR count). The van der Waals surface area contributed by atoms with Crippen molar-refractivity contribution in [3.63, 3.8) is 0 Å². The van der Waals surface area contributed by atoms with Gasteiger partial charge in [-0.25, -0.2) is 0 Å². The minimum atomic E-state index is -0.615. The van der Waals surface area contributed by atoms with Crippen LogP contribution in [0.2, 0.25) is 0 Å². The molecule has 2 aromatic rings. The Balaban J connectivity index is 2.41. The van der Waals surface area contributed by atoms with Gasteiger partial charge in [0.05, 0.1) is 34.1 Å². The Morgan fingerprint density at radius 2 is 1.38 bits per heavy atom. The molecule has 0 aliphatic rings. The number of nitrogens with two attached hydrogens (primary N) is 1. The van der Waals surface area contributed by atoms with E-state index in [1.807, 2.05) is 0 Å². The highest BCUT2D eigenvalue weighted by Gasteiger charge is 2.18. The number of primary amides is 1. The predicted octanol–water partition coefficient (Wildman–Crippen LogP) is 2.07. The lowest BCUT2D eigenvalue weighted by atomic mass is 10.1. The monoisotopic (exact) mass is 360 g/mol. The van der Waals surface area contributed by atoms with Crippen molar-refractivity contribution in [2.75, 3.05) is 33.8 Å². The van der Waals surface area contributed by atoms with Crippen molar-refractivity contribution in [3.05, 3.63) is 41.5 Å². The summed E-state index contributed by atoms with van der Waals surface area (Å²) in [5.41, 5.74) is 6.10. The first kappa shape index (κ1) is 18.9. The molecule has 0 aromatic heterocycles. The molecular formula is C18H20N2O6. The molecule has 26 heavy (non-hydrogen) atoms. The number of hydrogen-bond donors (Lipinski definition) is 2. The Morgan fingerprint density at radius 1 is 0.808 bits per heavy atom. The van der Waals surface area contributed by atoms with Crippen LogP contribution in [-0.2, 0) is 0 Å². The summed E-state index contributed by atoms with van der Waals surface area (Å²) in [6.45, 7) is 0. The summed E-state index contributed by atoms with van der Waals surface area (Å²) in [6, 6.07) is 7.53. The molecule has 138 valence electrons. The van der Waals surface area contributed by atoms with Crippen molar-refractivity contribution in [1.29, 1.82) is 0 Å². The van der Waals surface area contributed by atoms with Gasteiger partial charge in [-0.1, -0.05) is 0 Å². The molecule has 0 heterocycles. The van der Waals surface area contributed by atoms with E-state index >= 15 is 0 Å². The number of benzene rings is 2. The highest BCUT2D eigenvalue weighted by molar-refractivity contribution is 6.06. The number of ether oxygens (including phenoxy) is 4. The van der Waals surface area contributed by atoms with Crippen LogP contribution in [0.15, 0.2) is 30.3 Å². The Morgan fingerprint density at radius 3 is 1.85 bits per heavy atom. The molecule has 0 atom stereocenters. The second-order valence-electron chi connectivity index (χ2n) is 5.15. The number of nitrogens with one attached hydrogen (secondary N) is 1. The molecular weight excluding hydrogens is 340 g/mol. The molecule has 2 aromatic carbocycles. The second kappa shape index (κ2) is 8.11. The summed E-state index contributed by atoms with van der Waals surface area (Å²) in [4.78, 5) is 24.0. The van der Waals surface area contributed by atoms with Crippen LogP contribution < -0.4 is 30.0 Å². The molecule has 0 spiro atoms. The lowest BCUT2D eigenvalue weighted by Gasteiger charge is -2.15. The van der Waals surface area contributed by atoms with Gasteiger partial charge in [-0.3, -0.25) is 9.59 Å². The van der Waals surface area contributed by atoms with Gasteiger partial charge in [-0.2, -0.15) is 0 Å². The average Bonchev–Trinajstić information content (AvgIpc) is 2.66. The van der Waals surface area contributed by atoms with E-state index in [4.69, 9.17) is 24.7 Å². The minimum absolute atomic E-state index is 0.242. The van der Waals surface area contributed by atoms with Gasteiger partial charge in [0.25, 0.3) is 5.91 Å². The summed E-state index contributed by atoms with van der Waals surface area (Å²) in [6.07, 6.45) is 0. The Hall–Kier alpha value is -3.42. The normalized spacial score (nSPS) is 10.0. The number of rotatable bonds is 7. The maximum absolute atomic E-state index is 12.7. The highest BCUT2D eigenvalue weighted by atomic mass is 16.5. The zero-order valence-corrected chi connectivity index (χ0v) is 14.9. The van der Waals surface area contributed by atoms with Crippen LogP contribution in [0, 0.1) is 0 Å². The molecule has 0 saturated heterocycles. The minimum Gasteiger partial charge on any atom is -0.495 e. The van der Waals surface area contributed by atoms with Gasteiger partial charge in [0.1, 0.15) is 5.75 Å². The van der Waals surface area contributed by atoms with Crippen LogP contribution in [-0.4, -0.2) is 40.3 Å². The SMILES string of the molecule is COc1ccc(C(N)=O)cc1NC(=O)c1cc(OC)c(OC)c(OC)c1. The lowest BCUT2D eigenvalue weighted by molar-refractivity contribution is 0.0996. The molecule has 0 aliphatic carbocycles. The molecule has 0 bridgehead atoms. The summed E-state index contributed by atoms with van der Waals surface area (Å²) in [7, 11) is 5.84. The number of methoxy groups -OCH3 is 4. The van der Waals surface area contributed by atoms with Crippen LogP contribution in [0.25, 0.3) is 0 Å². The van der Waals surface area contributed by atoms with Crippen LogP contribution in [0.4, 0.5) is 5.69 Å². The van der Waals surface area contributed by atoms with Crippen LogP contribution in [0.1, 0.15) is 20.7 Å². The largest absolute Gasteiger partial charge is 0.495 e. The van der Waals surface area contributed by atoms with E-state index < -0.39 is 11.8 Å². The Kier molecular flexibility index (Phi) is 5.90. The molecule has 8 heteroatoms. The average molecular weight is 360 g/mol. The van der Waals surface area contributed by atoms with Gasteiger partial charge >= 0.3 is 0 Å². The number of amides is 2. The third-order valence-corrected chi connectivity index (χ3v) is 3.66. The first-order chi connectivity index (χ1) is 12.4. The van der Waals surface area contributed by atoms with Gasteiger partial charge in [0.15, 0.2) is 11.5 Å². The van der Waals surface area contributed by atoms with Crippen molar-refractivity contribution < 1.29 is 28.5 Å². The van der Waals surface area contributed by atoms with Gasteiger partial charge in [-0.05, 0) is 30.3 Å². The number of anilines is 1. The van der Waals surface area contributed by atoms with Crippen LogP contribution in [0.5, 0.6) is 23.0 Å². The summed E-state index contributed by atoms with van der Waals surface area (Å²) in [5.74, 6) is 0.375. The topological polar surface area (TPSA) is 109 Å². The summed E-state index contributed by atoms with van der Waals surface area (Å²) < 4.78 is 20.9. The molecule has 0 fully saturated rings. The van der Waals surface area contributed by atoms with Crippen molar-refractivity contribution in [2.45, 2.75) is 0 Å². The molecule has 0 radical (unpaired) electrons. The number of carbonyl (C=O) groups excluding carboxylic acids is 2. The van der Waals surface area contributed by atoms with E-state index in [1.54, 1.807) is 6.07 Å². The zero-order valence-electron chi connectivity index (χ0n) is 14.9. The fourth-order valence-corrected chi connectivity index (χ4v) is 2.37. The van der Waals surface area contributed by atoms with Crippen molar-refractivity contribution >= 4 is 17.5 Å². The van der Waals surface area contributed by atoms with E-state index in [-0.39, 0.29) is 11.1 Å². The molecule has 0 aliphatic heterocycles. The third-order valence-electron chi connectivity index (χ3n) is 3.66. The molecule has 0 saturated carbocycles. The van der Waals surface area contributed by atoms with Crippen molar-refractivity contribution in [3.8, 4) is 23.0 Å². The van der Waals surface area contributed by atoms with E-state index in [9.17, 15) is 9.59 Å². The predicted molar refractivity (Wildman–Crippen MR) is 95.6 cm³/mol. The molecule has 3 N–H and O–H groups in total. The maximum Gasteiger partial charge on any atom is 0.256 e. The smallest absolute Gasteiger partial charge is 0.256 e. The fourth-order valence-electron chi connectivity index (χ4n) is 2.37. The van der Waals surface area contributed by atoms with E-state index in [0.717, 1.165) is 0 Å². The number of carbonyl (C=O) groups is 2. The maximum atomic E-state index is 12.7. The summed E-state index contributed by atoms with van der Waals surface area (Å²) in [5, 5.41) is 2.69. The van der Waals surface area contributed by atoms with Crippen LogP contribution >= 0.6 is 0 Å². The van der Waals surface area contributed by atoms with Crippen molar-refractivity contribution in [2.24, 2.45) is 5.73 Å². The fraction of sp³-hybridized carbons (Fsp3) is 0.222. The Bertz CT molecular complexity index is 809. The molecule has 0 unspecified atom stereocenters. The first-order valence-corrected chi connectivity index (χ1v) is 7.54. The van der Waals surface area contributed by atoms with E-state index in [1.165, 1.54) is 52.7 Å². The van der Waals surface area contributed by atoms with Gasteiger partial charge in [0, 0.05) is 11.1 Å². The highest BCUT2D eigenvalue weighted by Crippen LogP contribution is 2.38. The van der Waals surface area contributed by atoms with Crippen molar-refractivity contribution in [1.82, 2.24) is 0 Å².